The van der Waals surface area contributed by atoms with E-state index < -0.39 is 59.0 Å². The highest BCUT2D eigenvalue weighted by Gasteiger charge is 2.36. The van der Waals surface area contributed by atoms with Crippen molar-refractivity contribution >= 4 is 23.5 Å². The van der Waals surface area contributed by atoms with Gasteiger partial charge in [-0.1, -0.05) is 11.6 Å². The number of nitrogens with one attached hydrogen (secondary N) is 1. The maximum atomic E-state index is 13.7. The number of aromatic hydroxyl groups is 1. The summed E-state index contributed by atoms with van der Waals surface area (Å²) in [6, 6.07) is 6.77. The maximum Gasteiger partial charge on any atom is 0.416 e. The second kappa shape index (κ2) is 8.87. The van der Waals surface area contributed by atoms with E-state index in [1.54, 1.807) is 0 Å². The zero-order chi connectivity index (χ0) is 23.6. The summed E-state index contributed by atoms with van der Waals surface area (Å²) in [5.74, 6) is -4.10. The molecule has 3 rings (SSSR count). The van der Waals surface area contributed by atoms with Crippen LogP contribution in [0.4, 0.5) is 17.6 Å². The van der Waals surface area contributed by atoms with Gasteiger partial charge in [-0.25, -0.2) is 9.07 Å². The molecule has 0 bridgehead atoms. The standard InChI is InChI=1S/C20H14ClF4N3O4/c21-10-1-4-12(5-2-10)28-17(29)8-16(27-28)19(32)26-15(9-18(30)31)13-7-11(22)3-6-14(13)20(23,24)25/h1-8,15,29H,9H2,(H,26,32)(H,30,31). The summed E-state index contributed by atoms with van der Waals surface area (Å²) in [6.07, 6.45) is -5.87. The van der Waals surface area contributed by atoms with E-state index in [4.69, 9.17) is 16.7 Å². The van der Waals surface area contributed by atoms with Gasteiger partial charge in [-0.2, -0.15) is 18.3 Å². The molecule has 1 atom stereocenters. The number of alkyl halides is 3. The smallest absolute Gasteiger partial charge is 0.416 e. The molecular formula is C20H14ClF4N3O4. The summed E-state index contributed by atoms with van der Waals surface area (Å²) in [4.78, 5) is 23.8. The largest absolute Gasteiger partial charge is 0.493 e. The van der Waals surface area contributed by atoms with Gasteiger partial charge in [-0.05, 0) is 48.0 Å². The zero-order valence-electron chi connectivity index (χ0n) is 15.9. The molecule has 1 aromatic heterocycles. The van der Waals surface area contributed by atoms with Gasteiger partial charge in [0.25, 0.3) is 5.91 Å². The average molecular weight is 472 g/mol. The molecule has 7 nitrogen and oxygen atoms in total. The summed E-state index contributed by atoms with van der Waals surface area (Å²) in [7, 11) is 0. The lowest BCUT2D eigenvalue weighted by molar-refractivity contribution is -0.140. The lowest BCUT2D eigenvalue weighted by Gasteiger charge is -2.21. The number of aliphatic carboxylic acids is 1. The van der Waals surface area contributed by atoms with Crippen molar-refractivity contribution in [2.75, 3.05) is 0 Å². The van der Waals surface area contributed by atoms with Gasteiger partial charge in [0.2, 0.25) is 5.88 Å². The third-order valence-electron chi connectivity index (χ3n) is 4.37. The first kappa shape index (κ1) is 23.1. The van der Waals surface area contributed by atoms with Crippen molar-refractivity contribution in [3.8, 4) is 11.6 Å². The molecule has 0 aliphatic heterocycles. The van der Waals surface area contributed by atoms with Gasteiger partial charge in [-0.15, -0.1) is 0 Å². The minimum Gasteiger partial charge on any atom is -0.493 e. The number of amides is 1. The van der Waals surface area contributed by atoms with Crippen molar-refractivity contribution in [3.63, 3.8) is 0 Å². The second-order valence-corrected chi connectivity index (χ2v) is 7.07. The molecule has 168 valence electrons. The summed E-state index contributed by atoms with van der Waals surface area (Å²) in [5.41, 5.74) is -2.12. The number of carboxylic acids is 1. The van der Waals surface area contributed by atoms with Crippen LogP contribution in [0.2, 0.25) is 5.02 Å². The van der Waals surface area contributed by atoms with E-state index in [1.165, 1.54) is 24.3 Å². The molecule has 0 spiro atoms. The number of carboxylic acid groups (broad SMARTS) is 1. The maximum absolute atomic E-state index is 13.7. The molecule has 12 heteroatoms. The molecule has 3 N–H and O–H groups in total. The molecule has 0 radical (unpaired) electrons. The van der Waals surface area contributed by atoms with Gasteiger partial charge in [0, 0.05) is 11.1 Å². The van der Waals surface area contributed by atoms with Crippen LogP contribution >= 0.6 is 11.6 Å². The van der Waals surface area contributed by atoms with E-state index >= 15 is 0 Å². The molecule has 3 aromatic rings. The second-order valence-electron chi connectivity index (χ2n) is 6.63. The Balaban J connectivity index is 1.95. The van der Waals surface area contributed by atoms with Crippen molar-refractivity contribution < 1.29 is 37.4 Å². The normalized spacial score (nSPS) is 12.4. The molecule has 32 heavy (non-hydrogen) atoms. The lowest BCUT2D eigenvalue weighted by Crippen LogP contribution is -2.32. The molecule has 1 unspecified atom stereocenters. The summed E-state index contributed by atoms with van der Waals surface area (Å²) < 4.78 is 54.8. The minimum absolute atomic E-state index is 0.331. The molecule has 0 saturated heterocycles. The van der Waals surface area contributed by atoms with Crippen LogP contribution in [0.1, 0.15) is 34.1 Å². The number of carbonyl (C=O) groups excluding carboxylic acids is 1. The van der Waals surface area contributed by atoms with Crippen LogP contribution in [0, 0.1) is 5.82 Å². The van der Waals surface area contributed by atoms with Crippen LogP contribution < -0.4 is 5.32 Å². The van der Waals surface area contributed by atoms with Gasteiger partial charge in [0.05, 0.1) is 23.7 Å². The predicted octanol–water partition coefficient (Wildman–Crippen LogP) is 4.34. The Bertz CT molecular complexity index is 1160. The number of halogens is 5. The molecule has 0 aliphatic rings. The molecule has 1 amide bonds. The zero-order valence-corrected chi connectivity index (χ0v) is 16.7. The molecule has 1 heterocycles. The van der Waals surface area contributed by atoms with Crippen LogP contribution in [0.5, 0.6) is 5.88 Å². The Kier molecular flexibility index (Phi) is 6.40. The van der Waals surface area contributed by atoms with E-state index in [0.717, 1.165) is 10.7 Å². The third-order valence-corrected chi connectivity index (χ3v) is 4.62. The highest BCUT2D eigenvalue weighted by atomic mass is 35.5. The molecular weight excluding hydrogens is 458 g/mol. The topological polar surface area (TPSA) is 104 Å². The van der Waals surface area contributed by atoms with Crippen molar-refractivity contribution in [1.29, 1.82) is 0 Å². The van der Waals surface area contributed by atoms with Crippen molar-refractivity contribution in [3.05, 3.63) is 76.2 Å². The molecule has 0 saturated carbocycles. The number of nitrogens with zero attached hydrogens (tertiary/aromatic N) is 2. The summed E-state index contributed by atoms with van der Waals surface area (Å²) in [6.45, 7) is 0. The van der Waals surface area contributed by atoms with E-state index in [1.807, 2.05) is 0 Å². The van der Waals surface area contributed by atoms with Crippen LogP contribution in [0.25, 0.3) is 5.69 Å². The fourth-order valence-corrected chi connectivity index (χ4v) is 3.11. The SMILES string of the molecule is O=C(O)CC(NC(=O)c1cc(O)n(-c2ccc(Cl)cc2)n1)c1cc(F)ccc1C(F)(F)F. The van der Waals surface area contributed by atoms with Gasteiger partial charge in [0.1, 0.15) is 5.82 Å². The lowest BCUT2D eigenvalue weighted by atomic mass is 9.97. The Labute approximate surface area is 182 Å². The van der Waals surface area contributed by atoms with Crippen LogP contribution in [-0.4, -0.2) is 31.9 Å². The monoisotopic (exact) mass is 471 g/mol. The third kappa shape index (κ3) is 5.17. The Hall–Kier alpha value is -3.60. The fourth-order valence-electron chi connectivity index (χ4n) is 2.98. The summed E-state index contributed by atoms with van der Waals surface area (Å²) >= 11 is 5.80. The number of hydrogen-bond donors (Lipinski definition) is 3. The van der Waals surface area contributed by atoms with Crippen LogP contribution in [0.15, 0.2) is 48.5 Å². The predicted molar refractivity (Wildman–Crippen MR) is 104 cm³/mol. The van der Waals surface area contributed by atoms with E-state index in [0.29, 0.717) is 28.9 Å². The average Bonchev–Trinajstić information content (AvgIpc) is 3.08. The number of benzene rings is 2. The van der Waals surface area contributed by atoms with Gasteiger partial charge in [0.15, 0.2) is 5.69 Å². The van der Waals surface area contributed by atoms with Crippen molar-refractivity contribution in [1.82, 2.24) is 15.1 Å². The Morgan fingerprint density at radius 3 is 2.38 bits per heavy atom. The van der Waals surface area contributed by atoms with Gasteiger partial charge in [-0.3, -0.25) is 9.59 Å². The molecule has 0 aliphatic carbocycles. The number of carbonyl (C=O) groups is 2. The highest BCUT2D eigenvalue weighted by molar-refractivity contribution is 6.30. The highest BCUT2D eigenvalue weighted by Crippen LogP contribution is 2.36. The molecule has 2 aromatic carbocycles. The number of hydrogen-bond acceptors (Lipinski definition) is 4. The Morgan fingerprint density at radius 2 is 1.78 bits per heavy atom. The molecule has 0 fully saturated rings. The number of aromatic nitrogens is 2. The van der Waals surface area contributed by atoms with E-state index in [2.05, 4.69) is 10.4 Å². The first-order valence-corrected chi connectivity index (χ1v) is 9.28. The number of rotatable bonds is 6. The summed E-state index contributed by atoms with van der Waals surface area (Å²) in [5, 5.41) is 25.6. The quantitative estimate of drug-likeness (QED) is 0.464. The van der Waals surface area contributed by atoms with Gasteiger partial charge >= 0.3 is 12.1 Å². The van der Waals surface area contributed by atoms with E-state index in [9.17, 15) is 32.3 Å². The fraction of sp³-hybridized carbons (Fsp3) is 0.150. The van der Waals surface area contributed by atoms with Gasteiger partial charge < -0.3 is 15.5 Å². The van der Waals surface area contributed by atoms with Crippen LogP contribution in [0.3, 0.4) is 0 Å². The Morgan fingerprint density at radius 1 is 1.12 bits per heavy atom. The first-order valence-electron chi connectivity index (χ1n) is 8.90. The van der Waals surface area contributed by atoms with Crippen molar-refractivity contribution in [2.45, 2.75) is 18.6 Å². The van der Waals surface area contributed by atoms with Crippen LogP contribution in [-0.2, 0) is 11.0 Å². The first-order chi connectivity index (χ1) is 15.0. The van der Waals surface area contributed by atoms with E-state index in [-0.39, 0.29) is 0 Å². The van der Waals surface area contributed by atoms with Crippen molar-refractivity contribution in [2.24, 2.45) is 0 Å². The minimum atomic E-state index is -4.92.